The van der Waals surface area contributed by atoms with Crippen molar-refractivity contribution in [3.63, 3.8) is 0 Å². The average molecular weight is 327 g/mol. The van der Waals surface area contributed by atoms with E-state index in [1.54, 1.807) is 6.20 Å². The average Bonchev–Trinajstić information content (AvgIpc) is 3.15. The van der Waals surface area contributed by atoms with Gasteiger partial charge in [0.25, 0.3) is 11.8 Å². The summed E-state index contributed by atoms with van der Waals surface area (Å²) in [4.78, 5) is 29.1. The van der Waals surface area contributed by atoms with Crippen LogP contribution in [0, 0.1) is 6.92 Å². The minimum absolute atomic E-state index is 0.300. The van der Waals surface area contributed by atoms with E-state index < -0.39 is 0 Å². The lowest BCUT2D eigenvalue weighted by Crippen LogP contribution is -2.41. The van der Waals surface area contributed by atoms with Gasteiger partial charge in [-0.2, -0.15) is 0 Å². The van der Waals surface area contributed by atoms with Crippen LogP contribution in [0.3, 0.4) is 0 Å². The summed E-state index contributed by atoms with van der Waals surface area (Å²) in [5.74, 6) is -0.647. The monoisotopic (exact) mass is 327 g/mol. The number of fused-ring (bicyclic) bond motifs is 1. The fourth-order valence-corrected chi connectivity index (χ4v) is 3.49. The predicted octanol–water partition coefficient (Wildman–Crippen LogP) is 3.18. The second-order valence-corrected chi connectivity index (χ2v) is 6.46. The summed E-state index contributed by atoms with van der Waals surface area (Å²) in [6.07, 6.45) is 2.52. The second kappa shape index (κ2) is 6.26. The minimum atomic E-state index is -0.347. The topological polar surface area (TPSA) is 74.0 Å². The van der Waals surface area contributed by atoms with Gasteiger partial charge in [0.1, 0.15) is 0 Å². The van der Waals surface area contributed by atoms with Gasteiger partial charge in [0.05, 0.1) is 10.4 Å². The van der Waals surface area contributed by atoms with Crippen molar-refractivity contribution >= 4 is 34.1 Å². The smallest absolute Gasteiger partial charge is 0.279 e. The molecule has 2 heterocycles. The van der Waals surface area contributed by atoms with E-state index in [4.69, 9.17) is 0 Å². The zero-order valence-electron chi connectivity index (χ0n) is 12.9. The van der Waals surface area contributed by atoms with E-state index in [-0.39, 0.29) is 11.8 Å². The largest absolute Gasteiger partial charge is 0.360 e. The Morgan fingerprint density at radius 3 is 2.65 bits per heavy atom. The number of aryl methyl sites for hydroxylation is 2. The number of aromatic nitrogens is 1. The molecule has 2 amide bonds. The Balaban J connectivity index is 1.70. The van der Waals surface area contributed by atoms with Crippen LogP contribution in [-0.2, 0) is 6.42 Å². The Hall–Kier alpha value is -2.60. The molecule has 0 aliphatic carbocycles. The lowest BCUT2D eigenvalue weighted by molar-refractivity contribution is 0.0850. The third-order valence-electron chi connectivity index (χ3n) is 3.75. The van der Waals surface area contributed by atoms with Gasteiger partial charge in [0.2, 0.25) is 0 Å². The standard InChI is InChI=1S/C17H17N3O2S/c1-3-11-8-15(23-10(11)2)17(22)20-19-16(21)13-9-18-14-7-5-4-6-12(13)14/h4-9,18H,3H2,1-2H3,(H,19,21)(H,20,22). The van der Waals surface area contributed by atoms with E-state index in [0.29, 0.717) is 10.4 Å². The quantitative estimate of drug-likeness (QED) is 0.646. The van der Waals surface area contributed by atoms with Crippen molar-refractivity contribution in [2.45, 2.75) is 20.3 Å². The van der Waals surface area contributed by atoms with Crippen molar-refractivity contribution in [1.29, 1.82) is 0 Å². The minimum Gasteiger partial charge on any atom is -0.360 e. The van der Waals surface area contributed by atoms with Crippen molar-refractivity contribution in [2.75, 3.05) is 0 Å². The summed E-state index contributed by atoms with van der Waals surface area (Å²) in [6.45, 7) is 4.04. The number of hydrogen-bond acceptors (Lipinski definition) is 3. The molecule has 2 aromatic heterocycles. The van der Waals surface area contributed by atoms with Crippen LogP contribution < -0.4 is 10.9 Å². The number of carbonyl (C=O) groups is 2. The van der Waals surface area contributed by atoms with E-state index >= 15 is 0 Å². The molecule has 0 saturated carbocycles. The molecule has 0 atom stereocenters. The number of hydrogen-bond donors (Lipinski definition) is 3. The number of aromatic amines is 1. The molecule has 0 aliphatic heterocycles. The summed E-state index contributed by atoms with van der Waals surface area (Å²) in [7, 11) is 0. The van der Waals surface area contributed by atoms with Gasteiger partial charge in [-0.05, 0) is 31.0 Å². The summed E-state index contributed by atoms with van der Waals surface area (Å²) >= 11 is 1.43. The number of nitrogens with one attached hydrogen (secondary N) is 3. The number of carbonyl (C=O) groups excluding carboxylic acids is 2. The number of hydrazine groups is 1. The molecule has 1 aromatic carbocycles. The van der Waals surface area contributed by atoms with Crippen molar-refractivity contribution < 1.29 is 9.59 Å². The van der Waals surface area contributed by atoms with E-state index in [2.05, 4.69) is 22.8 Å². The second-order valence-electron chi connectivity index (χ2n) is 5.20. The number of amides is 2. The summed E-state index contributed by atoms with van der Waals surface area (Å²) in [5.41, 5.74) is 7.48. The molecule has 0 spiro atoms. The van der Waals surface area contributed by atoms with Gasteiger partial charge in [-0.1, -0.05) is 25.1 Å². The number of H-pyrrole nitrogens is 1. The molecule has 0 radical (unpaired) electrons. The van der Waals surface area contributed by atoms with Gasteiger partial charge >= 0.3 is 0 Å². The molecule has 6 heteroatoms. The van der Waals surface area contributed by atoms with Crippen LogP contribution in [-0.4, -0.2) is 16.8 Å². The van der Waals surface area contributed by atoms with E-state index in [1.165, 1.54) is 11.3 Å². The van der Waals surface area contributed by atoms with Crippen molar-refractivity contribution in [3.8, 4) is 0 Å². The van der Waals surface area contributed by atoms with E-state index in [9.17, 15) is 9.59 Å². The fraction of sp³-hybridized carbons (Fsp3) is 0.176. The highest BCUT2D eigenvalue weighted by Crippen LogP contribution is 2.22. The Kier molecular flexibility index (Phi) is 4.16. The first kappa shape index (κ1) is 15.3. The molecule has 118 valence electrons. The third-order valence-corrected chi connectivity index (χ3v) is 4.84. The van der Waals surface area contributed by atoms with Gasteiger partial charge in [-0.3, -0.25) is 20.4 Å². The molecule has 0 bridgehead atoms. The molecule has 0 aliphatic rings. The maximum atomic E-state index is 12.2. The van der Waals surface area contributed by atoms with Crippen LogP contribution in [0.2, 0.25) is 0 Å². The van der Waals surface area contributed by atoms with Crippen molar-refractivity contribution in [1.82, 2.24) is 15.8 Å². The Bertz CT molecular complexity index is 879. The molecule has 3 N–H and O–H groups in total. The first-order chi connectivity index (χ1) is 11.1. The number of rotatable bonds is 3. The van der Waals surface area contributed by atoms with E-state index in [1.807, 2.05) is 37.3 Å². The Morgan fingerprint density at radius 1 is 1.17 bits per heavy atom. The highest BCUT2D eigenvalue weighted by molar-refractivity contribution is 7.14. The molecule has 0 unspecified atom stereocenters. The molecule has 3 aromatic rings. The molecule has 0 fully saturated rings. The lowest BCUT2D eigenvalue weighted by Gasteiger charge is -2.05. The zero-order valence-corrected chi connectivity index (χ0v) is 13.7. The van der Waals surface area contributed by atoms with Gasteiger partial charge in [0.15, 0.2) is 0 Å². The maximum Gasteiger partial charge on any atom is 0.279 e. The van der Waals surface area contributed by atoms with Gasteiger partial charge in [0, 0.05) is 22.0 Å². The summed E-state index contributed by atoms with van der Waals surface area (Å²) < 4.78 is 0. The fourth-order valence-electron chi connectivity index (χ4n) is 2.48. The number of benzene rings is 1. The first-order valence-electron chi connectivity index (χ1n) is 7.36. The molecule has 23 heavy (non-hydrogen) atoms. The van der Waals surface area contributed by atoms with Crippen molar-refractivity contribution in [3.05, 3.63) is 57.4 Å². The highest BCUT2D eigenvalue weighted by atomic mass is 32.1. The van der Waals surface area contributed by atoms with E-state index in [0.717, 1.165) is 27.8 Å². The van der Waals surface area contributed by atoms with Crippen LogP contribution in [0.5, 0.6) is 0 Å². The van der Waals surface area contributed by atoms with Crippen LogP contribution in [0.1, 0.15) is 37.4 Å². The van der Waals surface area contributed by atoms with Crippen molar-refractivity contribution in [2.24, 2.45) is 0 Å². The normalized spacial score (nSPS) is 10.7. The van der Waals surface area contributed by atoms with Gasteiger partial charge in [-0.25, -0.2) is 0 Å². The molecule has 5 nitrogen and oxygen atoms in total. The molecule has 3 rings (SSSR count). The van der Waals surface area contributed by atoms with Gasteiger partial charge in [-0.15, -0.1) is 11.3 Å². The number of para-hydroxylation sites is 1. The van der Waals surface area contributed by atoms with Crippen LogP contribution in [0.25, 0.3) is 10.9 Å². The maximum absolute atomic E-state index is 12.2. The zero-order chi connectivity index (χ0) is 16.4. The third kappa shape index (κ3) is 2.98. The molecular weight excluding hydrogens is 310 g/mol. The van der Waals surface area contributed by atoms with Crippen LogP contribution in [0.15, 0.2) is 36.5 Å². The summed E-state index contributed by atoms with van der Waals surface area (Å²) in [5, 5.41) is 0.819. The molecule has 0 saturated heterocycles. The highest BCUT2D eigenvalue weighted by Gasteiger charge is 2.15. The van der Waals surface area contributed by atoms with Crippen LogP contribution >= 0.6 is 11.3 Å². The molecular formula is C17H17N3O2S. The number of thiophene rings is 1. The van der Waals surface area contributed by atoms with Gasteiger partial charge < -0.3 is 4.98 Å². The summed E-state index contributed by atoms with van der Waals surface area (Å²) in [6, 6.07) is 9.39. The Morgan fingerprint density at radius 2 is 1.91 bits per heavy atom. The predicted molar refractivity (Wildman–Crippen MR) is 91.7 cm³/mol. The van der Waals surface area contributed by atoms with Crippen LogP contribution in [0.4, 0.5) is 0 Å². The lowest BCUT2D eigenvalue weighted by atomic mass is 10.2. The Labute approximate surface area is 137 Å². The first-order valence-corrected chi connectivity index (χ1v) is 8.18. The SMILES string of the molecule is CCc1cc(C(=O)NNC(=O)c2c[nH]c3ccccc23)sc1C.